The molecule has 2 fully saturated rings. The predicted octanol–water partition coefficient (Wildman–Crippen LogP) is 3.67. The summed E-state index contributed by atoms with van der Waals surface area (Å²) in [5, 5.41) is 3.63. The first-order valence-electron chi connectivity index (χ1n) is 8.61. The first-order valence-corrected chi connectivity index (χ1v) is 8.61. The predicted molar refractivity (Wildman–Crippen MR) is 83.5 cm³/mol. The lowest BCUT2D eigenvalue weighted by Gasteiger charge is -2.35. The van der Waals surface area contributed by atoms with Crippen molar-refractivity contribution in [3.63, 3.8) is 0 Å². The molecule has 2 nitrogen and oxygen atoms in total. The van der Waals surface area contributed by atoms with Gasteiger partial charge in [0, 0.05) is 19.6 Å². The number of likely N-dealkylation sites (tertiary alicyclic amines) is 1. The van der Waals surface area contributed by atoms with Crippen molar-refractivity contribution >= 4 is 0 Å². The Bertz CT molecular complexity index is 264. The maximum Gasteiger partial charge on any atom is 0.00504 e. The van der Waals surface area contributed by atoms with Crippen LogP contribution in [0.4, 0.5) is 0 Å². The summed E-state index contributed by atoms with van der Waals surface area (Å²) in [6, 6.07) is 0. The van der Waals surface area contributed by atoms with Crippen LogP contribution < -0.4 is 5.32 Å². The average molecular weight is 266 g/mol. The van der Waals surface area contributed by atoms with Crippen molar-refractivity contribution in [1.29, 1.82) is 0 Å². The van der Waals surface area contributed by atoms with Crippen LogP contribution in [0.15, 0.2) is 0 Å². The molecule has 0 amide bonds. The number of rotatable bonds is 7. The molecule has 0 aromatic rings. The monoisotopic (exact) mass is 266 g/mol. The molecule has 0 aromatic heterocycles. The molecule has 2 rings (SSSR count). The fourth-order valence-corrected chi connectivity index (χ4v) is 4.37. The summed E-state index contributed by atoms with van der Waals surface area (Å²) in [6.07, 6.45) is 9.94. The van der Waals surface area contributed by atoms with E-state index in [9.17, 15) is 0 Å². The van der Waals surface area contributed by atoms with Gasteiger partial charge in [0.1, 0.15) is 0 Å². The van der Waals surface area contributed by atoms with E-state index in [0.717, 1.165) is 6.54 Å². The van der Waals surface area contributed by atoms with Crippen LogP contribution >= 0.6 is 0 Å². The Balaban J connectivity index is 1.92. The molecule has 0 atom stereocenters. The molecule has 1 aliphatic heterocycles. The van der Waals surface area contributed by atoms with Crippen molar-refractivity contribution in [3.05, 3.63) is 0 Å². The van der Waals surface area contributed by atoms with E-state index >= 15 is 0 Å². The van der Waals surface area contributed by atoms with Gasteiger partial charge in [0.25, 0.3) is 0 Å². The van der Waals surface area contributed by atoms with E-state index in [2.05, 4.69) is 31.0 Å². The lowest BCUT2D eigenvalue weighted by Crippen LogP contribution is -2.42. The highest BCUT2D eigenvalue weighted by Gasteiger charge is 2.40. The Morgan fingerprint density at radius 3 is 2.16 bits per heavy atom. The third-order valence-corrected chi connectivity index (χ3v) is 5.99. The van der Waals surface area contributed by atoms with Crippen LogP contribution in [0.1, 0.15) is 65.7 Å². The highest BCUT2D eigenvalue weighted by molar-refractivity contribution is 4.94. The van der Waals surface area contributed by atoms with Crippen molar-refractivity contribution in [2.45, 2.75) is 65.7 Å². The molecule has 2 aliphatic rings. The van der Waals surface area contributed by atoms with E-state index in [-0.39, 0.29) is 0 Å². The third kappa shape index (κ3) is 3.52. The molecule has 0 spiro atoms. The summed E-state index contributed by atoms with van der Waals surface area (Å²) in [5.74, 6) is 0. The van der Waals surface area contributed by atoms with E-state index in [1.54, 1.807) is 0 Å². The van der Waals surface area contributed by atoms with Gasteiger partial charge in [-0.15, -0.1) is 0 Å². The Kier molecular flexibility index (Phi) is 5.30. The second kappa shape index (κ2) is 6.58. The minimum absolute atomic E-state index is 0.591. The molecular weight excluding hydrogens is 232 g/mol. The summed E-state index contributed by atoms with van der Waals surface area (Å²) >= 11 is 0. The first kappa shape index (κ1) is 15.3. The average Bonchev–Trinajstić information content (AvgIpc) is 3.05. The van der Waals surface area contributed by atoms with Gasteiger partial charge in [-0.3, -0.25) is 0 Å². The van der Waals surface area contributed by atoms with Crippen LogP contribution in [0.5, 0.6) is 0 Å². The summed E-state index contributed by atoms with van der Waals surface area (Å²) < 4.78 is 0. The standard InChI is InChI=1S/C17H34N2/c1-4-16(5-2)11-12-19(14-16)15-17(13-18-6-3)9-7-8-10-17/h18H,4-15H2,1-3H3. The molecule has 1 N–H and O–H groups in total. The highest BCUT2D eigenvalue weighted by atomic mass is 15.2. The minimum atomic E-state index is 0.591. The fraction of sp³-hybridized carbons (Fsp3) is 1.00. The normalized spacial score (nSPS) is 26.1. The Morgan fingerprint density at radius 2 is 1.63 bits per heavy atom. The number of nitrogens with one attached hydrogen (secondary N) is 1. The summed E-state index contributed by atoms with van der Waals surface area (Å²) in [6.45, 7) is 13.4. The van der Waals surface area contributed by atoms with Crippen molar-refractivity contribution in [1.82, 2.24) is 10.2 Å². The van der Waals surface area contributed by atoms with Gasteiger partial charge in [-0.05, 0) is 56.0 Å². The van der Waals surface area contributed by atoms with Crippen molar-refractivity contribution in [2.75, 3.05) is 32.7 Å². The maximum absolute atomic E-state index is 3.63. The molecular formula is C17H34N2. The lowest BCUT2D eigenvalue weighted by atomic mass is 9.81. The largest absolute Gasteiger partial charge is 0.316 e. The second-order valence-corrected chi connectivity index (χ2v) is 7.16. The molecule has 1 saturated heterocycles. The zero-order valence-corrected chi connectivity index (χ0v) is 13.4. The van der Waals surface area contributed by atoms with Crippen LogP contribution in [0.2, 0.25) is 0 Å². The van der Waals surface area contributed by atoms with Crippen LogP contribution in [0.25, 0.3) is 0 Å². The van der Waals surface area contributed by atoms with Gasteiger partial charge < -0.3 is 10.2 Å². The molecule has 112 valence electrons. The van der Waals surface area contributed by atoms with E-state index in [0.29, 0.717) is 10.8 Å². The molecule has 0 aromatic carbocycles. The molecule has 0 bridgehead atoms. The van der Waals surface area contributed by atoms with Gasteiger partial charge in [-0.2, -0.15) is 0 Å². The minimum Gasteiger partial charge on any atom is -0.316 e. The molecule has 1 aliphatic carbocycles. The molecule has 1 heterocycles. The fourth-order valence-electron chi connectivity index (χ4n) is 4.37. The Morgan fingerprint density at radius 1 is 0.947 bits per heavy atom. The number of hydrogen-bond donors (Lipinski definition) is 1. The van der Waals surface area contributed by atoms with Gasteiger partial charge >= 0.3 is 0 Å². The first-order chi connectivity index (χ1) is 9.17. The van der Waals surface area contributed by atoms with Gasteiger partial charge in [0.15, 0.2) is 0 Å². The smallest absolute Gasteiger partial charge is 0.00504 e. The maximum atomic E-state index is 3.63. The van der Waals surface area contributed by atoms with Crippen LogP contribution in [0, 0.1) is 10.8 Å². The summed E-state index contributed by atoms with van der Waals surface area (Å²) in [7, 11) is 0. The zero-order valence-electron chi connectivity index (χ0n) is 13.4. The number of hydrogen-bond acceptors (Lipinski definition) is 2. The summed E-state index contributed by atoms with van der Waals surface area (Å²) in [4.78, 5) is 2.79. The van der Waals surface area contributed by atoms with Crippen molar-refractivity contribution in [2.24, 2.45) is 10.8 Å². The van der Waals surface area contributed by atoms with E-state index in [1.165, 1.54) is 71.1 Å². The molecule has 2 heteroatoms. The lowest BCUT2D eigenvalue weighted by molar-refractivity contribution is 0.153. The van der Waals surface area contributed by atoms with Crippen molar-refractivity contribution in [3.8, 4) is 0 Å². The van der Waals surface area contributed by atoms with Crippen LogP contribution in [0.3, 0.4) is 0 Å². The summed E-state index contributed by atoms with van der Waals surface area (Å²) in [5.41, 5.74) is 1.23. The second-order valence-electron chi connectivity index (χ2n) is 7.16. The Labute approximate surface area is 120 Å². The van der Waals surface area contributed by atoms with Crippen LogP contribution in [-0.2, 0) is 0 Å². The molecule has 1 saturated carbocycles. The third-order valence-electron chi connectivity index (χ3n) is 5.99. The quantitative estimate of drug-likeness (QED) is 0.756. The Hall–Kier alpha value is -0.0800. The van der Waals surface area contributed by atoms with Gasteiger partial charge in [-0.25, -0.2) is 0 Å². The van der Waals surface area contributed by atoms with E-state index in [4.69, 9.17) is 0 Å². The zero-order chi connectivity index (χ0) is 13.8. The van der Waals surface area contributed by atoms with Gasteiger partial charge in [-0.1, -0.05) is 33.6 Å². The number of nitrogens with zero attached hydrogens (tertiary/aromatic N) is 1. The SMILES string of the molecule is CCNCC1(CN2CCC(CC)(CC)C2)CCCC1. The molecule has 0 radical (unpaired) electrons. The van der Waals surface area contributed by atoms with Gasteiger partial charge in [0.05, 0.1) is 0 Å². The molecule has 19 heavy (non-hydrogen) atoms. The molecule has 0 unspecified atom stereocenters. The van der Waals surface area contributed by atoms with Crippen LogP contribution in [-0.4, -0.2) is 37.6 Å². The van der Waals surface area contributed by atoms with E-state index in [1.807, 2.05) is 0 Å². The van der Waals surface area contributed by atoms with E-state index < -0.39 is 0 Å². The topological polar surface area (TPSA) is 15.3 Å². The van der Waals surface area contributed by atoms with Crippen molar-refractivity contribution < 1.29 is 0 Å². The van der Waals surface area contributed by atoms with Gasteiger partial charge in [0.2, 0.25) is 0 Å². The highest BCUT2D eigenvalue weighted by Crippen LogP contribution is 2.42.